The van der Waals surface area contributed by atoms with Gasteiger partial charge in [0.25, 0.3) is 0 Å². The minimum absolute atomic E-state index is 0.363. The molecule has 1 N–H and O–H groups in total. The molecular formula is C17H21ClN2. The summed E-state index contributed by atoms with van der Waals surface area (Å²) in [5, 5.41) is 4.32. The maximum absolute atomic E-state index is 6.23. The number of hydrogen-bond acceptors (Lipinski definition) is 2. The number of aromatic nitrogens is 1. The van der Waals surface area contributed by atoms with Crippen molar-refractivity contribution >= 4 is 11.6 Å². The zero-order valence-corrected chi connectivity index (χ0v) is 12.8. The average molecular weight is 289 g/mol. The fraction of sp³-hybridized carbons (Fsp3) is 0.353. The minimum atomic E-state index is 0.363. The van der Waals surface area contributed by atoms with E-state index in [1.165, 1.54) is 5.56 Å². The summed E-state index contributed by atoms with van der Waals surface area (Å²) in [4.78, 5) is 4.05. The molecule has 2 rings (SSSR count). The molecule has 0 saturated heterocycles. The van der Waals surface area contributed by atoms with E-state index in [1.54, 1.807) is 12.4 Å². The Morgan fingerprint density at radius 2 is 1.95 bits per heavy atom. The molecule has 0 fully saturated rings. The van der Waals surface area contributed by atoms with Crippen LogP contribution >= 0.6 is 11.6 Å². The van der Waals surface area contributed by atoms with Crippen LogP contribution in [0.1, 0.15) is 30.9 Å². The molecule has 3 heteroatoms. The van der Waals surface area contributed by atoms with E-state index in [4.69, 9.17) is 11.6 Å². The summed E-state index contributed by atoms with van der Waals surface area (Å²) >= 11 is 6.23. The predicted octanol–water partition coefficient (Wildman–Crippen LogP) is 4.06. The van der Waals surface area contributed by atoms with Crippen molar-refractivity contribution in [3.05, 3.63) is 64.9 Å². The van der Waals surface area contributed by atoms with Gasteiger partial charge in [0.05, 0.1) is 5.02 Å². The third-order valence-corrected chi connectivity index (χ3v) is 4.03. The fourth-order valence-corrected chi connectivity index (χ4v) is 2.68. The summed E-state index contributed by atoms with van der Waals surface area (Å²) in [5.74, 6) is 0.431. The summed E-state index contributed by atoms with van der Waals surface area (Å²) in [7, 11) is 0. The predicted molar refractivity (Wildman–Crippen MR) is 85.3 cm³/mol. The molecule has 1 heterocycles. The van der Waals surface area contributed by atoms with Crippen LogP contribution in [0.15, 0.2) is 48.8 Å². The quantitative estimate of drug-likeness (QED) is 0.867. The van der Waals surface area contributed by atoms with Gasteiger partial charge in [0.2, 0.25) is 0 Å². The van der Waals surface area contributed by atoms with Crippen molar-refractivity contribution in [1.29, 1.82) is 0 Å². The number of pyridine rings is 1. The van der Waals surface area contributed by atoms with Crippen LogP contribution < -0.4 is 5.32 Å². The second-order valence-corrected chi connectivity index (χ2v) is 5.44. The number of nitrogens with zero attached hydrogens (tertiary/aromatic N) is 1. The van der Waals surface area contributed by atoms with Crippen LogP contribution in [0.5, 0.6) is 0 Å². The molecular weight excluding hydrogens is 268 g/mol. The summed E-state index contributed by atoms with van der Waals surface area (Å²) < 4.78 is 0. The molecule has 0 bridgehead atoms. The van der Waals surface area contributed by atoms with Crippen molar-refractivity contribution in [2.75, 3.05) is 6.54 Å². The maximum Gasteiger partial charge on any atom is 0.0621 e. The first-order valence-electron chi connectivity index (χ1n) is 7.09. The molecule has 2 nitrogen and oxygen atoms in total. The van der Waals surface area contributed by atoms with Crippen LogP contribution in [0.3, 0.4) is 0 Å². The average Bonchev–Trinajstić information content (AvgIpc) is 2.49. The Kier molecular flexibility index (Phi) is 5.57. The Labute approximate surface area is 126 Å². The smallest absolute Gasteiger partial charge is 0.0621 e. The van der Waals surface area contributed by atoms with Gasteiger partial charge in [-0.05, 0) is 36.1 Å². The lowest BCUT2D eigenvalue weighted by Crippen LogP contribution is -2.35. The van der Waals surface area contributed by atoms with Gasteiger partial charge in [0.1, 0.15) is 0 Å². The lowest BCUT2D eigenvalue weighted by Gasteiger charge is -2.25. The normalized spacial score (nSPS) is 13.9. The highest BCUT2D eigenvalue weighted by Gasteiger charge is 2.19. The second kappa shape index (κ2) is 7.41. The molecule has 2 atom stereocenters. The standard InChI is InChI=1S/C17H21ClN2/c1-3-20-17(11-15-9-10-19-12-16(15)18)13(2)14-7-5-4-6-8-14/h4-10,12-13,17,20H,3,11H2,1-2H3. The van der Waals surface area contributed by atoms with Crippen molar-refractivity contribution in [2.45, 2.75) is 32.2 Å². The molecule has 1 aromatic heterocycles. The zero-order valence-electron chi connectivity index (χ0n) is 12.0. The zero-order chi connectivity index (χ0) is 14.4. The monoisotopic (exact) mass is 288 g/mol. The van der Waals surface area contributed by atoms with E-state index in [9.17, 15) is 0 Å². The summed E-state index contributed by atoms with van der Waals surface area (Å²) in [6.07, 6.45) is 4.43. The van der Waals surface area contributed by atoms with Crippen LogP contribution in [0.25, 0.3) is 0 Å². The minimum Gasteiger partial charge on any atom is -0.313 e. The number of rotatable bonds is 6. The molecule has 0 saturated carbocycles. The van der Waals surface area contributed by atoms with E-state index in [2.05, 4.69) is 54.5 Å². The largest absolute Gasteiger partial charge is 0.313 e. The molecule has 106 valence electrons. The van der Waals surface area contributed by atoms with Gasteiger partial charge in [-0.25, -0.2) is 0 Å². The number of likely N-dealkylation sites (N-methyl/N-ethyl adjacent to an activating group) is 1. The first-order valence-corrected chi connectivity index (χ1v) is 7.47. The third kappa shape index (κ3) is 3.81. The van der Waals surface area contributed by atoms with E-state index < -0.39 is 0 Å². The number of nitrogens with one attached hydrogen (secondary N) is 1. The number of benzene rings is 1. The van der Waals surface area contributed by atoms with Crippen molar-refractivity contribution in [3.63, 3.8) is 0 Å². The summed E-state index contributed by atoms with van der Waals surface area (Å²) in [6.45, 7) is 5.35. The molecule has 0 aliphatic rings. The Balaban J connectivity index is 2.17. The molecule has 2 unspecified atom stereocenters. The van der Waals surface area contributed by atoms with Crippen LogP contribution in [0.4, 0.5) is 0 Å². The maximum atomic E-state index is 6.23. The van der Waals surface area contributed by atoms with E-state index in [0.717, 1.165) is 23.6 Å². The third-order valence-electron chi connectivity index (χ3n) is 3.69. The van der Waals surface area contributed by atoms with Gasteiger partial charge in [-0.2, -0.15) is 0 Å². The van der Waals surface area contributed by atoms with Gasteiger partial charge in [-0.3, -0.25) is 4.98 Å². The summed E-state index contributed by atoms with van der Waals surface area (Å²) in [5.41, 5.74) is 2.50. The topological polar surface area (TPSA) is 24.9 Å². The number of halogens is 1. The highest BCUT2D eigenvalue weighted by Crippen LogP contribution is 2.24. The first-order chi connectivity index (χ1) is 9.72. The van der Waals surface area contributed by atoms with Crippen molar-refractivity contribution in [3.8, 4) is 0 Å². The molecule has 0 aliphatic carbocycles. The SMILES string of the molecule is CCNC(Cc1ccncc1Cl)C(C)c1ccccc1. The molecule has 20 heavy (non-hydrogen) atoms. The van der Waals surface area contributed by atoms with E-state index >= 15 is 0 Å². The lowest BCUT2D eigenvalue weighted by molar-refractivity contribution is 0.458. The van der Waals surface area contributed by atoms with Crippen molar-refractivity contribution in [1.82, 2.24) is 10.3 Å². The van der Waals surface area contributed by atoms with Crippen LogP contribution in [0, 0.1) is 0 Å². The highest BCUT2D eigenvalue weighted by atomic mass is 35.5. The van der Waals surface area contributed by atoms with E-state index in [0.29, 0.717) is 12.0 Å². The Hall–Kier alpha value is -1.38. The van der Waals surface area contributed by atoms with Crippen LogP contribution in [-0.4, -0.2) is 17.6 Å². The second-order valence-electron chi connectivity index (χ2n) is 5.03. The van der Waals surface area contributed by atoms with Crippen LogP contribution in [-0.2, 0) is 6.42 Å². The van der Waals surface area contributed by atoms with Crippen molar-refractivity contribution < 1.29 is 0 Å². The van der Waals surface area contributed by atoms with Gasteiger partial charge in [0.15, 0.2) is 0 Å². The van der Waals surface area contributed by atoms with Gasteiger partial charge in [-0.1, -0.05) is 55.8 Å². The fourth-order valence-electron chi connectivity index (χ4n) is 2.48. The van der Waals surface area contributed by atoms with Crippen LogP contribution in [0.2, 0.25) is 5.02 Å². The Morgan fingerprint density at radius 3 is 2.60 bits per heavy atom. The van der Waals surface area contributed by atoms with E-state index in [-0.39, 0.29) is 0 Å². The van der Waals surface area contributed by atoms with Gasteiger partial charge < -0.3 is 5.32 Å². The van der Waals surface area contributed by atoms with Crippen molar-refractivity contribution in [2.24, 2.45) is 0 Å². The molecule has 1 aromatic carbocycles. The Morgan fingerprint density at radius 1 is 1.20 bits per heavy atom. The summed E-state index contributed by atoms with van der Waals surface area (Å²) in [6, 6.07) is 13.0. The first kappa shape index (κ1) is 15.0. The lowest BCUT2D eigenvalue weighted by atomic mass is 9.89. The molecule has 0 amide bonds. The van der Waals surface area contributed by atoms with Gasteiger partial charge in [-0.15, -0.1) is 0 Å². The molecule has 2 aromatic rings. The molecule has 0 radical (unpaired) electrons. The number of hydrogen-bond donors (Lipinski definition) is 1. The molecule has 0 aliphatic heterocycles. The molecule has 0 spiro atoms. The van der Waals surface area contributed by atoms with Gasteiger partial charge in [0, 0.05) is 18.4 Å². The van der Waals surface area contributed by atoms with E-state index in [1.807, 2.05) is 6.07 Å². The Bertz CT molecular complexity index is 528. The van der Waals surface area contributed by atoms with Gasteiger partial charge >= 0.3 is 0 Å². The highest BCUT2D eigenvalue weighted by molar-refractivity contribution is 6.31.